The molecule has 7 aromatic carbocycles. The minimum absolute atomic E-state index is 0.626. The van der Waals surface area contributed by atoms with Crippen molar-refractivity contribution in [2.45, 2.75) is 0 Å². The van der Waals surface area contributed by atoms with E-state index in [9.17, 15) is 0 Å². The van der Waals surface area contributed by atoms with Crippen molar-refractivity contribution in [1.82, 2.24) is 4.98 Å². The third kappa shape index (κ3) is 4.29. The third-order valence-electron chi connectivity index (χ3n) is 7.86. The Bertz CT molecular complexity index is 2150. The van der Waals surface area contributed by atoms with E-state index in [0.29, 0.717) is 5.89 Å². The molecule has 0 aliphatic rings. The third-order valence-corrected chi connectivity index (χ3v) is 7.86. The SMILES string of the molecule is c1ccc(N(c2ccc(-c3nc4ccccc4o3)cc2)c2ccc(-c3cccc4cc5ccccc5cc34)cc2)cc1. The molecule has 8 rings (SSSR count). The Hall–Kier alpha value is -5.67. The smallest absolute Gasteiger partial charge is 0.227 e. The summed E-state index contributed by atoms with van der Waals surface area (Å²) in [7, 11) is 0. The van der Waals surface area contributed by atoms with Crippen LogP contribution in [0.25, 0.3) is 55.2 Å². The van der Waals surface area contributed by atoms with Gasteiger partial charge in [0.1, 0.15) is 5.52 Å². The van der Waals surface area contributed by atoms with Crippen LogP contribution < -0.4 is 4.90 Å². The van der Waals surface area contributed by atoms with Crippen molar-refractivity contribution in [2.24, 2.45) is 0 Å². The topological polar surface area (TPSA) is 29.3 Å². The zero-order valence-electron chi connectivity index (χ0n) is 22.8. The monoisotopic (exact) mass is 538 g/mol. The fraction of sp³-hybridized carbons (Fsp3) is 0. The fourth-order valence-electron chi connectivity index (χ4n) is 5.78. The van der Waals surface area contributed by atoms with Crippen LogP contribution in [-0.4, -0.2) is 4.98 Å². The summed E-state index contributed by atoms with van der Waals surface area (Å²) in [4.78, 5) is 6.94. The van der Waals surface area contributed by atoms with E-state index in [4.69, 9.17) is 4.42 Å². The van der Waals surface area contributed by atoms with Gasteiger partial charge in [0.15, 0.2) is 5.58 Å². The van der Waals surface area contributed by atoms with Crippen molar-refractivity contribution in [3.8, 4) is 22.6 Å². The molecule has 1 heterocycles. The van der Waals surface area contributed by atoms with Gasteiger partial charge in [-0.05, 0) is 105 Å². The van der Waals surface area contributed by atoms with Crippen LogP contribution in [0, 0.1) is 0 Å². The molecule has 198 valence electrons. The normalized spacial score (nSPS) is 11.3. The molecule has 8 aromatic rings. The minimum atomic E-state index is 0.626. The predicted octanol–water partition coefficient (Wildman–Crippen LogP) is 10.9. The number of aromatic nitrogens is 1. The molecule has 0 bridgehead atoms. The quantitative estimate of drug-likeness (QED) is 0.204. The lowest BCUT2D eigenvalue weighted by atomic mass is 9.95. The Morgan fingerprint density at radius 3 is 1.79 bits per heavy atom. The molecule has 0 saturated heterocycles. The Morgan fingerprint density at radius 1 is 0.452 bits per heavy atom. The van der Waals surface area contributed by atoms with Crippen LogP contribution in [0.4, 0.5) is 17.1 Å². The van der Waals surface area contributed by atoms with Crippen molar-refractivity contribution >= 4 is 49.7 Å². The van der Waals surface area contributed by atoms with Crippen LogP contribution in [0.15, 0.2) is 162 Å². The molecule has 42 heavy (non-hydrogen) atoms. The van der Waals surface area contributed by atoms with Gasteiger partial charge in [-0.1, -0.05) is 84.9 Å². The number of hydrogen-bond donors (Lipinski definition) is 0. The number of oxazole rings is 1. The van der Waals surface area contributed by atoms with E-state index in [-0.39, 0.29) is 0 Å². The summed E-state index contributed by atoms with van der Waals surface area (Å²) in [6, 6.07) is 55.3. The van der Waals surface area contributed by atoms with Gasteiger partial charge >= 0.3 is 0 Å². The summed E-state index contributed by atoms with van der Waals surface area (Å²) < 4.78 is 6.01. The van der Waals surface area contributed by atoms with Crippen LogP contribution in [0.2, 0.25) is 0 Å². The molecule has 0 amide bonds. The van der Waals surface area contributed by atoms with Gasteiger partial charge in [-0.25, -0.2) is 4.98 Å². The highest BCUT2D eigenvalue weighted by Gasteiger charge is 2.15. The number of fused-ring (bicyclic) bond motifs is 3. The number of nitrogens with zero attached hydrogens (tertiary/aromatic N) is 2. The molecule has 0 unspecified atom stereocenters. The lowest BCUT2D eigenvalue weighted by Gasteiger charge is -2.25. The molecule has 0 aliphatic carbocycles. The summed E-state index contributed by atoms with van der Waals surface area (Å²) in [5.41, 5.74) is 8.27. The van der Waals surface area contributed by atoms with Crippen molar-refractivity contribution in [3.05, 3.63) is 158 Å². The second-order valence-electron chi connectivity index (χ2n) is 10.5. The van der Waals surface area contributed by atoms with Crippen molar-refractivity contribution in [1.29, 1.82) is 0 Å². The fourth-order valence-corrected chi connectivity index (χ4v) is 5.78. The van der Waals surface area contributed by atoms with Crippen LogP contribution >= 0.6 is 0 Å². The van der Waals surface area contributed by atoms with Crippen molar-refractivity contribution in [3.63, 3.8) is 0 Å². The van der Waals surface area contributed by atoms with E-state index in [0.717, 1.165) is 33.7 Å². The zero-order chi connectivity index (χ0) is 27.9. The van der Waals surface area contributed by atoms with Gasteiger partial charge < -0.3 is 9.32 Å². The van der Waals surface area contributed by atoms with Gasteiger partial charge in [0.05, 0.1) is 0 Å². The van der Waals surface area contributed by atoms with Gasteiger partial charge in [-0.3, -0.25) is 0 Å². The number of rotatable bonds is 5. The number of hydrogen-bond acceptors (Lipinski definition) is 3. The Labute approximate surface area is 243 Å². The van der Waals surface area contributed by atoms with E-state index < -0.39 is 0 Å². The minimum Gasteiger partial charge on any atom is -0.436 e. The predicted molar refractivity (Wildman–Crippen MR) is 175 cm³/mol. The molecule has 0 spiro atoms. The molecule has 3 nitrogen and oxygen atoms in total. The second kappa shape index (κ2) is 10.1. The molecule has 0 saturated carbocycles. The summed E-state index contributed by atoms with van der Waals surface area (Å²) in [5, 5.41) is 5.03. The Balaban J connectivity index is 1.17. The van der Waals surface area contributed by atoms with E-state index in [1.807, 2.05) is 30.3 Å². The Kier molecular flexibility index (Phi) is 5.79. The molecule has 0 fully saturated rings. The molecule has 0 N–H and O–H groups in total. The van der Waals surface area contributed by atoms with Gasteiger partial charge in [-0.2, -0.15) is 0 Å². The number of benzene rings is 7. The molecule has 1 aromatic heterocycles. The van der Waals surface area contributed by atoms with E-state index in [1.165, 1.54) is 32.7 Å². The molecular weight excluding hydrogens is 512 g/mol. The van der Waals surface area contributed by atoms with Gasteiger partial charge in [0.25, 0.3) is 0 Å². The van der Waals surface area contributed by atoms with Crippen molar-refractivity contribution in [2.75, 3.05) is 4.90 Å². The number of anilines is 3. The van der Waals surface area contributed by atoms with Gasteiger partial charge in [0.2, 0.25) is 5.89 Å². The largest absolute Gasteiger partial charge is 0.436 e. The standard InChI is InChI=1S/C39H26N2O/c1-2-12-32(13-3-1)41(34-23-19-28(20-24-34)39-40-37-15-6-7-16-38(37)42-39)33-21-17-27(18-22-33)35-14-8-11-31-25-29-9-4-5-10-30(29)26-36(31)35/h1-26H. The van der Waals surface area contributed by atoms with Crippen LogP contribution in [-0.2, 0) is 0 Å². The summed E-state index contributed by atoms with van der Waals surface area (Å²) in [6.07, 6.45) is 0. The second-order valence-corrected chi connectivity index (χ2v) is 10.5. The molecule has 3 heteroatoms. The average molecular weight is 539 g/mol. The van der Waals surface area contributed by atoms with Crippen LogP contribution in [0.3, 0.4) is 0 Å². The first-order valence-corrected chi connectivity index (χ1v) is 14.1. The first kappa shape index (κ1) is 24.2. The Morgan fingerprint density at radius 2 is 1.05 bits per heavy atom. The lowest BCUT2D eigenvalue weighted by molar-refractivity contribution is 0.620. The highest BCUT2D eigenvalue weighted by Crippen LogP contribution is 2.38. The highest BCUT2D eigenvalue weighted by molar-refractivity contribution is 6.05. The van der Waals surface area contributed by atoms with Crippen LogP contribution in [0.1, 0.15) is 0 Å². The van der Waals surface area contributed by atoms with E-state index in [1.54, 1.807) is 0 Å². The molecule has 0 radical (unpaired) electrons. The molecule has 0 aliphatic heterocycles. The molecule has 0 atom stereocenters. The summed E-state index contributed by atoms with van der Waals surface area (Å²) in [5.74, 6) is 0.626. The first-order valence-electron chi connectivity index (χ1n) is 14.1. The molecular formula is C39H26N2O. The maximum Gasteiger partial charge on any atom is 0.227 e. The first-order chi connectivity index (χ1) is 20.8. The maximum atomic E-state index is 6.01. The van der Waals surface area contributed by atoms with E-state index >= 15 is 0 Å². The van der Waals surface area contributed by atoms with Crippen molar-refractivity contribution < 1.29 is 4.42 Å². The lowest BCUT2D eigenvalue weighted by Crippen LogP contribution is -2.09. The van der Waals surface area contributed by atoms with Crippen LogP contribution in [0.5, 0.6) is 0 Å². The highest BCUT2D eigenvalue weighted by atomic mass is 16.3. The summed E-state index contributed by atoms with van der Waals surface area (Å²) >= 11 is 0. The zero-order valence-corrected chi connectivity index (χ0v) is 22.8. The number of para-hydroxylation sites is 3. The van der Waals surface area contributed by atoms with Gasteiger partial charge in [0, 0.05) is 22.6 Å². The maximum absolute atomic E-state index is 6.01. The van der Waals surface area contributed by atoms with E-state index in [2.05, 4.69) is 137 Å². The average Bonchev–Trinajstić information content (AvgIpc) is 3.49. The summed E-state index contributed by atoms with van der Waals surface area (Å²) in [6.45, 7) is 0. The van der Waals surface area contributed by atoms with Gasteiger partial charge in [-0.15, -0.1) is 0 Å².